The lowest BCUT2D eigenvalue weighted by Crippen LogP contribution is -2.20. The molecule has 0 unspecified atom stereocenters. The van der Waals surface area contributed by atoms with E-state index >= 15 is 0 Å². The molecule has 5 nitrogen and oxygen atoms in total. The van der Waals surface area contributed by atoms with Crippen LogP contribution in [0.1, 0.15) is 10.5 Å². The summed E-state index contributed by atoms with van der Waals surface area (Å²) >= 11 is 0. The van der Waals surface area contributed by atoms with Gasteiger partial charge in [0.25, 0.3) is 5.91 Å². The van der Waals surface area contributed by atoms with Gasteiger partial charge in [-0.2, -0.15) is 0 Å². The summed E-state index contributed by atoms with van der Waals surface area (Å²) in [6, 6.07) is 7.25. The Morgan fingerprint density at radius 2 is 2.07 bits per heavy atom. The Bertz CT molecular complexity index is 524. The summed E-state index contributed by atoms with van der Waals surface area (Å²) in [6.45, 7) is 0. The van der Waals surface area contributed by atoms with Gasteiger partial charge in [-0.15, -0.1) is 0 Å². The van der Waals surface area contributed by atoms with E-state index in [9.17, 15) is 4.79 Å². The molecular weight excluding hydrogens is 192 g/mol. The van der Waals surface area contributed by atoms with Crippen LogP contribution in [-0.2, 0) is 0 Å². The van der Waals surface area contributed by atoms with Crippen LogP contribution in [0.15, 0.2) is 24.3 Å². The number of amides is 1. The second-order valence-corrected chi connectivity index (χ2v) is 3.03. The summed E-state index contributed by atoms with van der Waals surface area (Å²) in [5, 5.41) is 3.22. The lowest BCUT2D eigenvalue weighted by molar-refractivity contribution is 0.0960. The maximum Gasteiger partial charge on any atom is 0.270 e. The van der Waals surface area contributed by atoms with Crippen LogP contribution in [0.5, 0.6) is 0 Å². The van der Waals surface area contributed by atoms with Crippen molar-refractivity contribution in [2.75, 3.05) is 12.8 Å². The van der Waals surface area contributed by atoms with Crippen LogP contribution in [0.2, 0.25) is 0 Å². The number of hydrogen-bond acceptors (Lipinski definition) is 4. The Balaban J connectivity index is 2.76. The van der Waals surface area contributed by atoms with Gasteiger partial charge >= 0.3 is 0 Å². The quantitative estimate of drug-likeness (QED) is 0.708. The van der Waals surface area contributed by atoms with Crippen LogP contribution < -0.4 is 11.1 Å². The van der Waals surface area contributed by atoms with Crippen molar-refractivity contribution in [2.24, 2.45) is 0 Å². The summed E-state index contributed by atoms with van der Waals surface area (Å²) in [4.78, 5) is 19.5. The van der Waals surface area contributed by atoms with Gasteiger partial charge in [-0.1, -0.05) is 18.2 Å². The minimum atomic E-state index is -0.264. The number of nitrogens with zero attached hydrogens (tertiary/aromatic N) is 2. The second-order valence-electron chi connectivity index (χ2n) is 3.03. The fourth-order valence-electron chi connectivity index (χ4n) is 1.39. The van der Waals surface area contributed by atoms with Gasteiger partial charge in [0.2, 0.25) is 5.95 Å². The Morgan fingerprint density at radius 1 is 1.33 bits per heavy atom. The van der Waals surface area contributed by atoms with Crippen molar-refractivity contribution in [2.45, 2.75) is 0 Å². The third-order valence-corrected chi connectivity index (χ3v) is 2.06. The fourth-order valence-corrected chi connectivity index (χ4v) is 1.39. The normalized spacial score (nSPS) is 10.2. The summed E-state index contributed by atoms with van der Waals surface area (Å²) < 4.78 is 0. The maximum absolute atomic E-state index is 11.5. The van der Waals surface area contributed by atoms with Gasteiger partial charge in [-0.05, 0) is 6.07 Å². The SMILES string of the molecule is CNC(=O)c1nc(N)nc2ccccc12. The minimum Gasteiger partial charge on any atom is -0.368 e. The molecule has 0 bridgehead atoms. The Hall–Kier alpha value is -2.17. The van der Waals surface area contributed by atoms with Crippen molar-refractivity contribution in [1.29, 1.82) is 0 Å². The molecule has 1 aromatic carbocycles. The number of hydrogen-bond donors (Lipinski definition) is 2. The molecular formula is C10H10N4O. The van der Waals surface area contributed by atoms with Crippen molar-refractivity contribution in [3.63, 3.8) is 0 Å². The predicted molar refractivity (Wildman–Crippen MR) is 57.3 cm³/mol. The van der Waals surface area contributed by atoms with E-state index in [0.717, 1.165) is 0 Å². The van der Waals surface area contributed by atoms with Gasteiger partial charge in [0, 0.05) is 12.4 Å². The summed E-state index contributed by atoms with van der Waals surface area (Å²) in [5.41, 5.74) is 6.49. The van der Waals surface area contributed by atoms with Crippen LogP contribution in [0.4, 0.5) is 5.95 Å². The van der Waals surface area contributed by atoms with Gasteiger partial charge < -0.3 is 11.1 Å². The van der Waals surface area contributed by atoms with Crippen molar-refractivity contribution in [3.05, 3.63) is 30.0 Å². The molecule has 0 aliphatic carbocycles. The lowest BCUT2D eigenvalue weighted by atomic mass is 10.2. The van der Waals surface area contributed by atoms with Crippen LogP contribution in [-0.4, -0.2) is 22.9 Å². The molecule has 0 fully saturated rings. The molecule has 5 heteroatoms. The van der Waals surface area contributed by atoms with Crippen molar-refractivity contribution in [3.8, 4) is 0 Å². The molecule has 1 aromatic heterocycles. The molecule has 76 valence electrons. The van der Waals surface area contributed by atoms with Crippen molar-refractivity contribution < 1.29 is 4.79 Å². The monoisotopic (exact) mass is 202 g/mol. The highest BCUT2D eigenvalue weighted by Crippen LogP contribution is 2.15. The van der Waals surface area contributed by atoms with Crippen molar-refractivity contribution in [1.82, 2.24) is 15.3 Å². The highest BCUT2D eigenvalue weighted by Gasteiger charge is 2.11. The zero-order valence-corrected chi connectivity index (χ0v) is 8.19. The molecule has 0 radical (unpaired) electrons. The Kier molecular flexibility index (Phi) is 2.21. The van der Waals surface area contributed by atoms with E-state index < -0.39 is 0 Å². The Morgan fingerprint density at radius 3 is 2.80 bits per heavy atom. The van der Waals surface area contributed by atoms with E-state index in [1.165, 1.54) is 0 Å². The van der Waals surface area contributed by atoms with Gasteiger partial charge in [0.1, 0.15) is 5.69 Å². The number of nitrogens with one attached hydrogen (secondary N) is 1. The molecule has 2 rings (SSSR count). The summed E-state index contributed by atoms with van der Waals surface area (Å²) in [5.74, 6) is -0.160. The third-order valence-electron chi connectivity index (χ3n) is 2.06. The topological polar surface area (TPSA) is 80.9 Å². The third kappa shape index (κ3) is 1.59. The number of carbonyl (C=O) groups is 1. The van der Waals surface area contributed by atoms with Gasteiger partial charge in [-0.25, -0.2) is 9.97 Å². The van der Waals surface area contributed by atoms with E-state index in [4.69, 9.17) is 5.73 Å². The summed E-state index contributed by atoms with van der Waals surface area (Å²) in [6.07, 6.45) is 0. The number of nitrogen functional groups attached to an aromatic ring is 1. The molecule has 1 amide bonds. The highest BCUT2D eigenvalue weighted by molar-refractivity contribution is 6.04. The van der Waals surface area contributed by atoms with Gasteiger partial charge in [0.05, 0.1) is 5.52 Å². The molecule has 2 aromatic rings. The average molecular weight is 202 g/mol. The van der Waals surface area contributed by atoms with E-state index in [0.29, 0.717) is 16.6 Å². The smallest absolute Gasteiger partial charge is 0.270 e. The average Bonchev–Trinajstić information content (AvgIpc) is 2.26. The second kappa shape index (κ2) is 3.53. The van der Waals surface area contributed by atoms with E-state index in [1.807, 2.05) is 12.1 Å². The van der Waals surface area contributed by atoms with E-state index in [1.54, 1.807) is 19.2 Å². The van der Waals surface area contributed by atoms with Crippen LogP contribution in [0.3, 0.4) is 0 Å². The zero-order valence-electron chi connectivity index (χ0n) is 8.19. The molecule has 0 atom stereocenters. The first-order valence-electron chi connectivity index (χ1n) is 4.46. The molecule has 0 aliphatic heterocycles. The maximum atomic E-state index is 11.5. The van der Waals surface area contributed by atoms with Crippen LogP contribution in [0, 0.1) is 0 Å². The van der Waals surface area contributed by atoms with Gasteiger partial charge in [0.15, 0.2) is 0 Å². The number of benzene rings is 1. The minimum absolute atomic E-state index is 0.104. The van der Waals surface area contributed by atoms with E-state index in [2.05, 4.69) is 15.3 Å². The molecule has 0 aliphatic rings. The number of rotatable bonds is 1. The highest BCUT2D eigenvalue weighted by atomic mass is 16.1. The number of aromatic nitrogens is 2. The number of fused-ring (bicyclic) bond motifs is 1. The first-order chi connectivity index (χ1) is 7.22. The number of carbonyl (C=O) groups excluding carboxylic acids is 1. The molecule has 0 saturated carbocycles. The lowest BCUT2D eigenvalue weighted by Gasteiger charge is -2.04. The molecule has 15 heavy (non-hydrogen) atoms. The Labute approximate surface area is 86.3 Å². The number of anilines is 1. The van der Waals surface area contributed by atoms with E-state index in [-0.39, 0.29) is 11.9 Å². The number of nitrogens with two attached hydrogens (primary N) is 1. The molecule has 3 N–H and O–H groups in total. The predicted octanol–water partition coefficient (Wildman–Crippen LogP) is 0.572. The first-order valence-corrected chi connectivity index (χ1v) is 4.46. The summed E-state index contributed by atoms with van der Waals surface area (Å²) in [7, 11) is 1.55. The fraction of sp³-hybridized carbons (Fsp3) is 0.100. The van der Waals surface area contributed by atoms with Crippen molar-refractivity contribution >= 4 is 22.8 Å². The number of para-hydroxylation sites is 1. The van der Waals surface area contributed by atoms with Crippen LogP contribution >= 0.6 is 0 Å². The van der Waals surface area contributed by atoms with Gasteiger partial charge in [-0.3, -0.25) is 4.79 Å². The molecule has 0 saturated heterocycles. The van der Waals surface area contributed by atoms with Crippen LogP contribution in [0.25, 0.3) is 10.9 Å². The molecule has 0 spiro atoms. The zero-order chi connectivity index (χ0) is 10.8. The largest absolute Gasteiger partial charge is 0.368 e. The first kappa shape index (κ1) is 9.39. The molecule has 1 heterocycles. The standard InChI is InChI=1S/C10H10N4O/c1-12-9(15)8-6-4-2-3-5-7(6)13-10(11)14-8/h2-5H,1H3,(H,12,15)(H2,11,13,14).